The van der Waals surface area contributed by atoms with Crippen molar-refractivity contribution in [1.29, 1.82) is 0 Å². The second kappa shape index (κ2) is 7.34. The fraction of sp³-hybridized carbons (Fsp3) is 0.188. The molecule has 2 aromatic rings. The fourth-order valence-electron chi connectivity index (χ4n) is 1.84. The highest BCUT2D eigenvalue weighted by Gasteiger charge is 2.14. The van der Waals surface area contributed by atoms with Gasteiger partial charge in [0.25, 0.3) is 5.91 Å². The summed E-state index contributed by atoms with van der Waals surface area (Å²) in [6.45, 7) is 2.22. The summed E-state index contributed by atoms with van der Waals surface area (Å²) in [7, 11) is -3.55. The first-order valence-electron chi connectivity index (χ1n) is 7.09. The Morgan fingerprint density at radius 1 is 1.04 bits per heavy atom. The molecule has 1 amide bonds. The third-order valence-electron chi connectivity index (χ3n) is 3.07. The van der Waals surface area contributed by atoms with Crippen LogP contribution in [0.5, 0.6) is 0 Å². The van der Waals surface area contributed by atoms with E-state index in [9.17, 15) is 17.6 Å². The van der Waals surface area contributed by atoms with Crippen LogP contribution in [0.2, 0.25) is 0 Å². The molecule has 2 N–H and O–H groups in total. The minimum absolute atomic E-state index is 0.101. The van der Waals surface area contributed by atoms with E-state index in [0.717, 1.165) is 0 Å². The maximum absolute atomic E-state index is 12.8. The summed E-state index contributed by atoms with van der Waals surface area (Å²) < 4.78 is 39.2. The van der Waals surface area contributed by atoms with Crippen molar-refractivity contribution >= 4 is 21.6 Å². The Morgan fingerprint density at radius 2 is 1.65 bits per heavy atom. The number of rotatable bonds is 6. The summed E-state index contributed by atoms with van der Waals surface area (Å²) in [6.07, 6.45) is 0.692. The Kier molecular flexibility index (Phi) is 5.46. The Morgan fingerprint density at radius 3 is 2.22 bits per heavy atom. The zero-order chi connectivity index (χ0) is 16.9. The van der Waals surface area contributed by atoms with Crippen LogP contribution < -0.4 is 10.0 Å². The smallest absolute Gasteiger partial charge is 0.255 e. The van der Waals surface area contributed by atoms with E-state index in [2.05, 4.69) is 10.0 Å². The van der Waals surface area contributed by atoms with E-state index in [1.807, 2.05) is 6.92 Å². The van der Waals surface area contributed by atoms with E-state index in [1.54, 1.807) is 0 Å². The molecular formula is C16H17FN2O3S. The molecule has 0 aromatic heterocycles. The van der Waals surface area contributed by atoms with Crippen LogP contribution in [-0.2, 0) is 10.0 Å². The van der Waals surface area contributed by atoms with Gasteiger partial charge in [-0.1, -0.05) is 6.92 Å². The Bertz CT molecular complexity index is 772. The zero-order valence-corrected chi connectivity index (χ0v) is 13.4. The Balaban J connectivity index is 2.09. The highest BCUT2D eigenvalue weighted by atomic mass is 32.2. The van der Waals surface area contributed by atoms with Gasteiger partial charge >= 0.3 is 0 Å². The van der Waals surface area contributed by atoms with E-state index in [-0.39, 0.29) is 4.90 Å². The lowest BCUT2D eigenvalue weighted by atomic mass is 10.2. The van der Waals surface area contributed by atoms with E-state index in [1.165, 1.54) is 48.5 Å². The van der Waals surface area contributed by atoms with Gasteiger partial charge in [-0.15, -0.1) is 0 Å². The first-order chi connectivity index (χ1) is 10.9. The number of anilines is 1. The topological polar surface area (TPSA) is 75.3 Å². The Labute approximate surface area is 134 Å². The van der Waals surface area contributed by atoms with Gasteiger partial charge < -0.3 is 5.32 Å². The number of carbonyl (C=O) groups excluding carboxylic acids is 1. The van der Waals surface area contributed by atoms with E-state index in [4.69, 9.17) is 0 Å². The number of hydrogen-bond donors (Lipinski definition) is 2. The van der Waals surface area contributed by atoms with Crippen molar-refractivity contribution in [2.24, 2.45) is 0 Å². The van der Waals surface area contributed by atoms with Crippen LogP contribution in [0.25, 0.3) is 0 Å². The standard InChI is InChI=1S/C16H17FN2O3S/c1-2-11-18-23(21,22)15-9-3-12(4-10-15)16(20)19-14-7-5-13(17)6-8-14/h3-10,18H,2,11H2,1H3,(H,19,20). The summed E-state index contributed by atoms with van der Waals surface area (Å²) in [5.41, 5.74) is 0.765. The zero-order valence-electron chi connectivity index (χ0n) is 12.5. The molecule has 0 saturated heterocycles. The average Bonchev–Trinajstić information content (AvgIpc) is 2.55. The molecule has 0 unspecified atom stereocenters. The maximum atomic E-state index is 12.8. The van der Waals surface area contributed by atoms with Crippen molar-refractivity contribution < 1.29 is 17.6 Å². The van der Waals surface area contributed by atoms with Crippen LogP contribution in [0.1, 0.15) is 23.7 Å². The molecule has 2 rings (SSSR count). The quantitative estimate of drug-likeness (QED) is 0.852. The van der Waals surface area contributed by atoms with Gasteiger partial charge in [0.1, 0.15) is 5.82 Å². The van der Waals surface area contributed by atoms with Crippen LogP contribution in [0.3, 0.4) is 0 Å². The summed E-state index contributed by atoms with van der Waals surface area (Å²) in [4.78, 5) is 12.2. The van der Waals surface area contributed by atoms with E-state index >= 15 is 0 Å². The molecule has 0 bridgehead atoms. The molecule has 0 spiro atoms. The summed E-state index contributed by atoms with van der Waals surface area (Å²) in [5.74, 6) is -0.792. The molecule has 0 atom stereocenters. The molecule has 0 radical (unpaired) electrons. The first-order valence-corrected chi connectivity index (χ1v) is 8.57. The number of amides is 1. The molecule has 5 nitrogen and oxygen atoms in total. The number of nitrogens with one attached hydrogen (secondary N) is 2. The second-order valence-corrected chi connectivity index (χ2v) is 6.65. The van der Waals surface area contributed by atoms with Crippen LogP contribution in [-0.4, -0.2) is 20.9 Å². The predicted octanol–water partition coefficient (Wildman–Crippen LogP) is 2.77. The van der Waals surface area contributed by atoms with Crippen molar-refractivity contribution in [3.63, 3.8) is 0 Å². The summed E-state index contributed by atoms with van der Waals surface area (Å²) >= 11 is 0. The number of benzene rings is 2. The molecule has 0 aliphatic rings. The number of halogens is 1. The van der Waals surface area contributed by atoms with Crippen molar-refractivity contribution in [2.75, 3.05) is 11.9 Å². The summed E-state index contributed by atoms with van der Waals surface area (Å²) in [5, 5.41) is 2.61. The molecule has 2 aromatic carbocycles. The monoisotopic (exact) mass is 336 g/mol. The second-order valence-electron chi connectivity index (χ2n) is 4.88. The minimum atomic E-state index is -3.55. The molecular weight excluding hydrogens is 319 g/mol. The molecule has 0 aliphatic heterocycles. The highest BCUT2D eigenvalue weighted by Crippen LogP contribution is 2.13. The molecule has 0 saturated carbocycles. The number of sulfonamides is 1. The third kappa shape index (κ3) is 4.61. The van der Waals surface area contributed by atoms with Gasteiger partial charge in [0.15, 0.2) is 0 Å². The number of carbonyl (C=O) groups is 1. The lowest BCUT2D eigenvalue weighted by Gasteiger charge is -2.08. The Hall–Kier alpha value is -2.25. The average molecular weight is 336 g/mol. The molecule has 7 heteroatoms. The molecule has 0 heterocycles. The van der Waals surface area contributed by atoms with Crippen molar-refractivity contribution in [2.45, 2.75) is 18.2 Å². The lowest BCUT2D eigenvalue weighted by molar-refractivity contribution is 0.102. The van der Waals surface area contributed by atoms with Gasteiger partial charge in [-0.2, -0.15) is 0 Å². The van der Waals surface area contributed by atoms with E-state index in [0.29, 0.717) is 24.2 Å². The first kappa shape index (κ1) is 17.1. The molecule has 23 heavy (non-hydrogen) atoms. The van der Waals surface area contributed by atoms with Gasteiger partial charge in [0.05, 0.1) is 4.90 Å². The van der Waals surface area contributed by atoms with Crippen LogP contribution in [0.15, 0.2) is 53.4 Å². The van der Waals surface area contributed by atoms with Crippen molar-refractivity contribution in [3.05, 3.63) is 59.9 Å². The SMILES string of the molecule is CCCNS(=O)(=O)c1ccc(C(=O)Nc2ccc(F)cc2)cc1. The van der Waals surface area contributed by atoms with Gasteiger partial charge in [-0.05, 0) is 55.0 Å². The summed E-state index contributed by atoms with van der Waals surface area (Å²) in [6, 6.07) is 11.0. The maximum Gasteiger partial charge on any atom is 0.255 e. The minimum Gasteiger partial charge on any atom is -0.322 e. The van der Waals surface area contributed by atoms with Gasteiger partial charge in [0, 0.05) is 17.8 Å². The molecule has 0 fully saturated rings. The van der Waals surface area contributed by atoms with Gasteiger partial charge in [-0.25, -0.2) is 17.5 Å². The van der Waals surface area contributed by atoms with Crippen molar-refractivity contribution in [1.82, 2.24) is 4.72 Å². The van der Waals surface area contributed by atoms with Gasteiger partial charge in [0.2, 0.25) is 10.0 Å². The number of hydrogen-bond acceptors (Lipinski definition) is 3. The largest absolute Gasteiger partial charge is 0.322 e. The van der Waals surface area contributed by atoms with E-state index < -0.39 is 21.7 Å². The van der Waals surface area contributed by atoms with Gasteiger partial charge in [-0.3, -0.25) is 4.79 Å². The predicted molar refractivity (Wildman–Crippen MR) is 86.3 cm³/mol. The highest BCUT2D eigenvalue weighted by molar-refractivity contribution is 7.89. The van der Waals surface area contributed by atoms with Crippen molar-refractivity contribution in [3.8, 4) is 0 Å². The molecule has 122 valence electrons. The van der Waals surface area contributed by atoms with Crippen LogP contribution in [0.4, 0.5) is 10.1 Å². The lowest BCUT2D eigenvalue weighted by Crippen LogP contribution is -2.24. The third-order valence-corrected chi connectivity index (χ3v) is 4.55. The van der Waals surface area contributed by atoms with Crippen LogP contribution in [0, 0.1) is 5.82 Å². The fourth-order valence-corrected chi connectivity index (χ4v) is 2.98. The normalized spacial score (nSPS) is 11.2. The van der Waals surface area contributed by atoms with Crippen LogP contribution >= 0.6 is 0 Å². The molecule has 0 aliphatic carbocycles.